The fourth-order valence-corrected chi connectivity index (χ4v) is 4.07. The summed E-state index contributed by atoms with van der Waals surface area (Å²) < 4.78 is 0. The molecule has 5 aromatic rings. The number of benzene rings is 2. The molecule has 1 amide bonds. The van der Waals surface area contributed by atoms with E-state index in [1.807, 2.05) is 43.5 Å². The Morgan fingerprint density at radius 2 is 1.71 bits per heavy atom. The summed E-state index contributed by atoms with van der Waals surface area (Å²) in [5.41, 5.74) is 4.57. The lowest BCUT2D eigenvalue weighted by molar-refractivity contribution is 0.0950. The molecule has 166 valence electrons. The number of hydrogen-bond donors (Lipinski definition) is 1. The van der Waals surface area contributed by atoms with E-state index in [1.165, 1.54) is 0 Å². The second-order valence-corrected chi connectivity index (χ2v) is 8.25. The Bertz CT molecular complexity index is 1540. The predicted octanol–water partition coefficient (Wildman–Crippen LogP) is 5.34. The van der Waals surface area contributed by atoms with Gasteiger partial charge in [0, 0.05) is 59.3 Å². The van der Waals surface area contributed by atoms with Crippen molar-refractivity contribution >= 4 is 40.0 Å². The standard InChI is InChI=1S/C28H23N5O/c1-18-11-24-12-19(3-5-23(24)17-32-18)14-25-15-22(8-9-30-25)28(34)33-16-20-4-6-26-21(13-20)7-10-31-27(26)29-2/h3-13,15,17H,2,14,16H2,1H3,(H,33,34). The maximum atomic E-state index is 12.8. The van der Waals surface area contributed by atoms with Crippen LogP contribution in [-0.4, -0.2) is 27.6 Å². The number of nitrogens with zero attached hydrogens (tertiary/aromatic N) is 4. The minimum absolute atomic E-state index is 0.132. The van der Waals surface area contributed by atoms with Crippen LogP contribution in [0, 0.1) is 6.92 Å². The highest BCUT2D eigenvalue weighted by molar-refractivity contribution is 5.94. The summed E-state index contributed by atoms with van der Waals surface area (Å²) in [6, 6.07) is 19.9. The van der Waals surface area contributed by atoms with Crippen LogP contribution in [0.5, 0.6) is 0 Å². The molecule has 1 N–H and O–H groups in total. The average Bonchev–Trinajstić information content (AvgIpc) is 2.86. The number of aliphatic imine (C=N–C) groups is 1. The van der Waals surface area contributed by atoms with Gasteiger partial charge in [0.2, 0.25) is 0 Å². The van der Waals surface area contributed by atoms with Crippen LogP contribution in [0.15, 0.2) is 84.2 Å². The van der Waals surface area contributed by atoms with Crippen molar-refractivity contribution in [3.63, 3.8) is 0 Å². The summed E-state index contributed by atoms with van der Waals surface area (Å²) in [6.07, 6.45) is 5.93. The number of aromatic nitrogens is 3. The van der Waals surface area contributed by atoms with Gasteiger partial charge >= 0.3 is 0 Å². The van der Waals surface area contributed by atoms with Gasteiger partial charge in [-0.3, -0.25) is 14.8 Å². The van der Waals surface area contributed by atoms with E-state index in [-0.39, 0.29) is 5.91 Å². The van der Waals surface area contributed by atoms with Crippen LogP contribution in [0.3, 0.4) is 0 Å². The van der Waals surface area contributed by atoms with Gasteiger partial charge < -0.3 is 5.32 Å². The number of carbonyl (C=O) groups excluding carboxylic acids is 1. The maximum absolute atomic E-state index is 12.8. The molecular formula is C28H23N5O. The highest BCUT2D eigenvalue weighted by Crippen LogP contribution is 2.24. The van der Waals surface area contributed by atoms with E-state index in [4.69, 9.17) is 0 Å². The Labute approximate surface area is 197 Å². The summed E-state index contributed by atoms with van der Waals surface area (Å²) in [5, 5.41) is 7.21. The first kappa shape index (κ1) is 21.4. The van der Waals surface area contributed by atoms with Crippen LogP contribution >= 0.6 is 0 Å². The van der Waals surface area contributed by atoms with Crippen molar-refractivity contribution in [2.45, 2.75) is 19.9 Å². The molecule has 0 unspecified atom stereocenters. The fourth-order valence-electron chi connectivity index (χ4n) is 4.07. The van der Waals surface area contributed by atoms with E-state index in [2.05, 4.69) is 56.2 Å². The first-order chi connectivity index (χ1) is 16.6. The molecule has 2 aromatic carbocycles. The van der Waals surface area contributed by atoms with E-state index in [0.717, 1.165) is 44.1 Å². The van der Waals surface area contributed by atoms with Crippen molar-refractivity contribution in [2.75, 3.05) is 0 Å². The molecule has 0 bridgehead atoms. The van der Waals surface area contributed by atoms with Gasteiger partial charge in [-0.2, -0.15) is 0 Å². The molecule has 3 heterocycles. The van der Waals surface area contributed by atoms with Crippen LogP contribution in [0.4, 0.5) is 5.82 Å². The molecule has 3 aromatic heterocycles. The second kappa shape index (κ2) is 9.19. The number of nitrogens with one attached hydrogen (secondary N) is 1. The van der Waals surface area contributed by atoms with Gasteiger partial charge in [-0.15, -0.1) is 0 Å². The zero-order valence-corrected chi connectivity index (χ0v) is 18.8. The number of aryl methyl sites for hydroxylation is 1. The molecule has 0 atom stereocenters. The lowest BCUT2D eigenvalue weighted by Crippen LogP contribution is -2.23. The van der Waals surface area contributed by atoms with E-state index in [1.54, 1.807) is 18.5 Å². The van der Waals surface area contributed by atoms with Crippen molar-refractivity contribution < 1.29 is 4.79 Å². The van der Waals surface area contributed by atoms with Crippen LogP contribution in [-0.2, 0) is 13.0 Å². The summed E-state index contributed by atoms with van der Waals surface area (Å²) >= 11 is 0. The van der Waals surface area contributed by atoms with Crippen LogP contribution in [0.1, 0.15) is 32.9 Å². The second-order valence-electron chi connectivity index (χ2n) is 8.25. The average molecular weight is 446 g/mol. The smallest absolute Gasteiger partial charge is 0.251 e. The number of rotatable bonds is 6. The van der Waals surface area contributed by atoms with E-state index >= 15 is 0 Å². The third-order valence-corrected chi connectivity index (χ3v) is 5.80. The van der Waals surface area contributed by atoms with Crippen LogP contribution in [0.2, 0.25) is 0 Å². The molecule has 0 fully saturated rings. The molecule has 0 saturated carbocycles. The quantitative estimate of drug-likeness (QED) is 0.358. The Kier molecular flexibility index (Phi) is 5.79. The van der Waals surface area contributed by atoms with Gasteiger partial charge in [-0.1, -0.05) is 30.3 Å². The van der Waals surface area contributed by atoms with E-state index in [9.17, 15) is 4.79 Å². The van der Waals surface area contributed by atoms with E-state index in [0.29, 0.717) is 24.3 Å². The van der Waals surface area contributed by atoms with Crippen molar-refractivity contribution in [3.8, 4) is 0 Å². The number of hydrogen-bond acceptors (Lipinski definition) is 5. The third kappa shape index (κ3) is 4.52. The molecule has 0 aliphatic heterocycles. The highest BCUT2D eigenvalue weighted by atomic mass is 16.1. The minimum atomic E-state index is -0.132. The lowest BCUT2D eigenvalue weighted by Gasteiger charge is -2.09. The minimum Gasteiger partial charge on any atom is -0.348 e. The van der Waals surface area contributed by atoms with Gasteiger partial charge in [-0.25, -0.2) is 9.98 Å². The van der Waals surface area contributed by atoms with Gasteiger partial charge in [0.05, 0.1) is 0 Å². The molecular weight excluding hydrogens is 422 g/mol. The topological polar surface area (TPSA) is 80.1 Å². The number of pyridine rings is 3. The van der Waals surface area contributed by atoms with Crippen LogP contribution < -0.4 is 5.32 Å². The van der Waals surface area contributed by atoms with Crippen molar-refractivity contribution in [3.05, 3.63) is 107 Å². The van der Waals surface area contributed by atoms with Crippen molar-refractivity contribution in [1.29, 1.82) is 0 Å². The summed E-state index contributed by atoms with van der Waals surface area (Å²) in [4.78, 5) is 29.8. The molecule has 0 saturated heterocycles. The molecule has 5 rings (SSSR count). The molecule has 6 nitrogen and oxygen atoms in total. The zero-order valence-electron chi connectivity index (χ0n) is 18.8. The van der Waals surface area contributed by atoms with Crippen molar-refractivity contribution in [1.82, 2.24) is 20.3 Å². The Morgan fingerprint density at radius 3 is 2.59 bits per heavy atom. The molecule has 0 aliphatic rings. The Balaban J connectivity index is 1.29. The molecule has 0 aliphatic carbocycles. The zero-order chi connectivity index (χ0) is 23.5. The number of fused-ring (bicyclic) bond motifs is 2. The SMILES string of the molecule is C=Nc1nccc2cc(CNC(=O)c3ccnc(Cc4ccc5cnc(C)cc5c4)c3)ccc12. The fraction of sp³-hybridized carbons (Fsp3) is 0.107. The Hall–Kier alpha value is -4.45. The van der Waals surface area contributed by atoms with E-state index < -0.39 is 0 Å². The number of amides is 1. The summed E-state index contributed by atoms with van der Waals surface area (Å²) in [6.45, 7) is 5.98. The van der Waals surface area contributed by atoms with Crippen molar-refractivity contribution in [2.24, 2.45) is 4.99 Å². The summed E-state index contributed by atoms with van der Waals surface area (Å²) in [7, 11) is 0. The molecule has 6 heteroatoms. The van der Waals surface area contributed by atoms with Gasteiger partial charge in [-0.05, 0) is 65.9 Å². The van der Waals surface area contributed by atoms with Gasteiger partial charge in [0.1, 0.15) is 0 Å². The normalized spacial score (nSPS) is 11.0. The lowest BCUT2D eigenvalue weighted by atomic mass is 10.0. The first-order valence-corrected chi connectivity index (χ1v) is 11.0. The van der Waals surface area contributed by atoms with Crippen LogP contribution in [0.25, 0.3) is 21.5 Å². The third-order valence-electron chi connectivity index (χ3n) is 5.80. The van der Waals surface area contributed by atoms with Gasteiger partial charge in [0.15, 0.2) is 5.82 Å². The first-order valence-electron chi connectivity index (χ1n) is 11.0. The molecule has 34 heavy (non-hydrogen) atoms. The Morgan fingerprint density at radius 1 is 0.882 bits per heavy atom. The predicted molar refractivity (Wildman–Crippen MR) is 136 cm³/mol. The largest absolute Gasteiger partial charge is 0.348 e. The molecule has 0 radical (unpaired) electrons. The highest BCUT2D eigenvalue weighted by Gasteiger charge is 2.09. The molecule has 0 spiro atoms. The maximum Gasteiger partial charge on any atom is 0.251 e. The monoisotopic (exact) mass is 445 g/mol. The van der Waals surface area contributed by atoms with Gasteiger partial charge in [0.25, 0.3) is 5.91 Å². The number of carbonyl (C=O) groups is 1. The summed E-state index contributed by atoms with van der Waals surface area (Å²) in [5.74, 6) is 0.475.